The zero-order valence-electron chi connectivity index (χ0n) is 17.2. The quantitative estimate of drug-likeness (QED) is 0.454. The van der Waals surface area contributed by atoms with E-state index in [2.05, 4.69) is 33.4 Å². The van der Waals surface area contributed by atoms with Gasteiger partial charge in [-0.05, 0) is 94.9 Å². The molecule has 5 aliphatic rings. The van der Waals surface area contributed by atoms with Gasteiger partial charge in [0, 0.05) is 15.7 Å². The zero-order chi connectivity index (χ0) is 22.3. The molecule has 2 bridgehead atoms. The summed E-state index contributed by atoms with van der Waals surface area (Å²) >= 11 is 9.62. The average Bonchev–Trinajstić information content (AvgIpc) is 3.58. The van der Waals surface area contributed by atoms with Gasteiger partial charge in [0.25, 0.3) is 5.91 Å². The minimum Gasteiger partial charge on any atom is -0.322 e. The molecule has 2 aromatic rings. The van der Waals surface area contributed by atoms with E-state index in [1.54, 1.807) is 36.4 Å². The van der Waals surface area contributed by atoms with Crippen molar-refractivity contribution >= 4 is 56.6 Å². The number of allylic oxidation sites excluding steroid dienone is 2. The Morgan fingerprint density at radius 3 is 2.19 bits per heavy atom. The molecule has 1 saturated heterocycles. The lowest BCUT2D eigenvalue weighted by molar-refractivity contribution is -0.124. The highest BCUT2D eigenvalue weighted by atomic mass is 79.9. The standard InChI is InChI=1S/C25H20BrClN2O3/c1-11-19(9-8-18(26)22(11)27)28-23(30)12-2-4-13(5-3-12)29-24(31)20-14-6-7-15(17-10-16(14)17)21(20)25(29)32/h2-9,14-17,20-21H,10H2,1H3,(H,28,30)/t14-,15-,16-,17+,20+,21+/m0/s1. The van der Waals surface area contributed by atoms with E-state index in [9.17, 15) is 14.4 Å². The maximum atomic E-state index is 13.2. The maximum absolute atomic E-state index is 13.2. The summed E-state index contributed by atoms with van der Waals surface area (Å²) in [6, 6.07) is 10.2. The Morgan fingerprint density at radius 2 is 1.59 bits per heavy atom. The number of nitrogens with zero attached hydrogens (tertiary/aromatic N) is 1. The third-order valence-corrected chi connectivity index (χ3v) is 9.01. The summed E-state index contributed by atoms with van der Waals surface area (Å²) in [7, 11) is 0. The predicted molar refractivity (Wildman–Crippen MR) is 125 cm³/mol. The molecule has 7 heteroatoms. The third-order valence-electron chi connectivity index (χ3n) is 7.64. The topological polar surface area (TPSA) is 66.5 Å². The van der Waals surface area contributed by atoms with Gasteiger partial charge in [0.2, 0.25) is 11.8 Å². The van der Waals surface area contributed by atoms with E-state index in [-0.39, 0.29) is 41.4 Å². The van der Waals surface area contributed by atoms with Crippen molar-refractivity contribution in [3.05, 3.63) is 69.2 Å². The van der Waals surface area contributed by atoms with Crippen LogP contribution in [0.3, 0.4) is 0 Å². The molecule has 162 valence electrons. The summed E-state index contributed by atoms with van der Waals surface area (Å²) in [6.07, 6.45) is 5.47. The Hall–Kier alpha value is -2.44. The van der Waals surface area contributed by atoms with Crippen LogP contribution in [-0.4, -0.2) is 17.7 Å². The summed E-state index contributed by atoms with van der Waals surface area (Å²) in [5.41, 5.74) is 2.36. The fraction of sp³-hybridized carbons (Fsp3) is 0.320. The van der Waals surface area contributed by atoms with Crippen LogP contribution < -0.4 is 10.2 Å². The van der Waals surface area contributed by atoms with Crippen molar-refractivity contribution in [3.63, 3.8) is 0 Å². The van der Waals surface area contributed by atoms with Gasteiger partial charge in [-0.25, -0.2) is 0 Å². The molecule has 6 atom stereocenters. The first-order chi connectivity index (χ1) is 15.4. The molecule has 7 rings (SSSR count). The van der Waals surface area contributed by atoms with Crippen LogP contribution in [0.5, 0.6) is 0 Å². The Bertz CT molecular complexity index is 1190. The molecule has 3 amide bonds. The molecule has 5 nitrogen and oxygen atoms in total. The second-order valence-corrected chi connectivity index (χ2v) is 10.4. The molecule has 3 fully saturated rings. The van der Waals surface area contributed by atoms with Crippen molar-refractivity contribution in [2.24, 2.45) is 35.5 Å². The van der Waals surface area contributed by atoms with Gasteiger partial charge in [-0.1, -0.05) is 23.8 Å². The van der Waals surface area contributed by atoms with Crippen LogP contribution >= 0.6 is 27.5 Å². The van der Waals surface area contributed by atoms with Gasteiger partial charge in [0.15, 0.2) is 0 Å². The number of benzene rings is 2. The second kappa shape index (κ2) is 7.03. The smallest absolute Gasteiger partial charge is 0.255 e. The minimum atomic E-state index is -0.284. The second-order valence-electron chi connectivity index (χ2n) is 9.20. The Kier molecular flexibility index (Phi) is 4.43. The summed E-state index contributed by atoms with van der Waals surface area (Å²) in [5, 5.41) is 3.42. The van der Waals surface area contributed by atoms with Crippen molar-refractivity contribution in [1.29, 1.82) is 0 Å². The summed E-state index contributed by atoms with van der Waals surface area (Å²) in [4.78, 5) is 40.6. The molecular formula is C25H20BrClN2O3. The van der Waals surface area contributed by atoms with Crippen LogP contribution in [0, 0.1) is 42.4 Å². The Balaban J connectivity index is 1.23. The first-order valence-electron chi connectivity index (χ1n) is 10.8. The summed E-state index contributed by atoms with van der Waals surface area (Å²) < 4.78 is 0.764. The first-order valence-corrected chi connectivity index (χ1v) is 12.0. The number of imide groups is 1. The molecule has 0 aromatic heterocycles. The molecule has 0 unspecified atom stereocenters. The van der Waals surface area contributed by atoms with E-state index in [1.165, 1.54) is 4.90 Å². The van der Waals surface area contributed by atoms with E-state index in [1.807, 2.05) is 6.92 Å². The van der Waals surface area contributed by atoms with Crippen molar-refractivity contribution in [2.45, 2.75) is 13.3 Å². The van der Waals surface area contributed by atoms with Crippen LogP contribution in [-0.2, 0) is 9.59 Å². The molecule has 2 saturated carbocycles. The number of carbonyl (C=O) groups excluding carboxylic acids is 3. The molecule has 1 heterocycles. The number of rotatable bonds is 3. The fourth-order valence-corrected chi connectivity index (χ4v) is 6.55. The van der Waals surface area contributed by atoms with E-state index in [4.69, 9.17) is 11.6 Å². The monoisotopic (exact) mass is 510 g/mol. The Labute approximate surface area is 198 Å². The highest BCUT2D eigenvalue weighted by molar-refractivity contribution is 9.10. The van der Waals surface area contributed by atoms with E-state index < -0.39 is 0 Å². The van der Waals surface area contributed by atoms with Gasteiger partial charge in [-0.3, -0.25) is 19.3 Å². The molecule has 0 radical (unpaired) electrons. The van der Waals surface area contributed by atoms with Crippen molar-refractivity contribution in [3.8, 4) is 0 Å². The number of carbonyl (C=O) groups is 3. The fourth-order valence-electron chi connectivity index (χ4n) is 5.96. The summed E-state index contributed by atoms with van der Waals surface area (Å²) in [6.45, 7) is 1.84. The first kappa shape index (κ1) is 20.2. The zero-order valence-corrected chi connectivity index (χ0v) is 19.6. The highest BCUT2D eigenvalue weighted by Crippen LogP contribution is 2.65. The molecule has 32 heavy (non-hydrogen) atoms. The molecular weight excluding hydrogens is 492 g/mol. The highest BCUT2D eigenvalue weighted by Gasteiger charge is 2.67. The van der Waals surface area contributed by atoms with Crippen LogP contribution in [0.4, 0.5) is 11.4 Å². The molecule has 1 N–H and O–H groups in total. The molecule has 4 aliphatic carbocycles. The van der Waals surface area contributed by atoms with Crippen LogP contribution in [0.2, 0.25) is 5.02 Å². The van der Waals surface area contributed by atoms with Crippen molar-refractivity contribution in [1.82, 2.24) is 0 Å². The van der Waals surface area contributed by atoms with Crippen LogP contribution in [0.1, 0.15) is 22.3 Å². The normalized spacial score (nSPS) is 31.5. The predicted octanol–water partition coefficient (Wildman–Crippen LogP) is 5.22. The Morgan fingerprint density at radius 1 is 1.00 bits per heavy atom. The van der Waals surface area contributed by atoms with E-state index in [0.29, 0.717) is 33.8 Å². The van der Waals surface area contributed by atoms with Gasteiger partial charge >= 0.3 is 0 Å². The molecule has 1 aliphatic heterocycles. The molecule has 0 spiro atoms. The average molecular weight is 512 g/mol. The van der Waals surface area contributed by atoms with Gasteiger partial charge in [0.05, 0.1) is 22.5 Å². The SMILES string of the molecule is Cc1c(NC(=O)c2ccc(N3C(=O)[C@@H]4[C@H]5C=C[C@@H]([C@@H]6C[C@H]56)[C@H]4C3=O)cc2)ccc(Br)c1Cl. The number of anilines is 2. The largest absolute Gasteiger partial charge is 0.322 e. The minimum absolute atomic E-state index is 0.0953. The maximum Gasteiger partial charge on any atom is 0.255 e. The number of halogens is 2. The van der Waals surface area contributed by atoms with Crippen molar-refractivity contribution in [2.75, 3.05) is 10.2 Å². The van der Waals surface area contributed by atoms with E-state index >= 15 is 0 Å². The third kappa shape index (κ3) is 2.78. The van der Waals surface area contributed by atoms with Gasteiger partial charge in [-0.2, -0.15) is 0 Å². The lowest BCUT2D eigenvalue weighted by atomic mass is 9.63. The number of nitrogens with one attached hydrogen (secondary N) is 1. The van der Waals surface area contributed by atoms with Gasteiger partial charge < -0.3 is 5.32 Å². The number of amides is 3. The molecule has 2 aromatic carbocycles. The number of hydrogen-bond donors (Lipinski definition) is 1. The van der Waals surface area contributed by atoms with E-state index in [0.717, 1.165) is 16.5 Å². The lowest BCUT2D eigenvalue weighted by Gasteiger charge is -2.37. The van der Waals surface area contributed by atoms with Gasteiger partial charge in [-0.15, -0.1) is 0 Å². The van der Waals surface area contributed by atoms with Crippen LogP contribution in [0.25, 0.3) is 0 Å². The van der Waals surface area contributed by atoms with Crippen molar-refractivity contribution < 1.29 is 14.4 Å². The number of hydrogen-bond acceptors (Lipinski definition) is 3. The van der Waals surface area contributed by atoms with Gasteiger partial charge in [0.1, 0.15) is 0 Å². The summed E-state index contributed by atoms with van der Waals surface area (Å²) in [5.74, 6) is 0.611. The van der Waals surface area contributed by atoms with Crippen LogP contribution in [0.15, 0.2) is 53.0 Å². The lowest BCUT2D eigenvalue weighted by Crippen LogP contribution is -2.40.